The van der Waals surface area contributed by atoms with Crippen LogP contribution in [0.2, 0.25) is 0 Å². The highest BCUT2D eigenvalue weighted by Gasteiger charge is 2.27. The quantitative estimate of drug-likeness (QED) is 0.567. The summed E-state index contributed by atoms with van der Waals surface area (Å²) in [6.45, 7) is 6.47. The lowest BCUT2D eigenvalue weighted by atomic mass is 10.1. The highest BCUT2D eigenvalue weighted by atomic mass is 16.4. The van der Waals surface area contributed by atoms with Gasteiger partial charge in [0.2, 0.25) is 0 Å². The molecule has 0 aromatic heterocycles. The normalized spacial score (nSPS) is 15.9. The topological polar surface area (TPSA) is 81.7 Å². The Hall–Kier alpha value is -1.30. The van der Waals surface area contributed by atoms with E-state index in [1.54, 1.807) is 0 Å². The number of carbonyl (C=O) groups is 2. The molecule has 116 valence electrons. The van der Waals surface area contributed by atoms with E-state index in [-0.39, 0.29) is 6.03 Å². The third-order valence-electron chi connectivity index (χ3n) is 3.60. The summed E-state index contributed by atoms with van der Waals surface area (Å²) in [5, 5.41) is 14.3. The molecule has 0 saturated heterocycles. The molecule has 0 bridgehead atoms. The molecular formula is C14H27N3O3. The minimum absolute atomic E-state index is 0.389. The molecule has 6 nitrogen and oxygen atoms in total. The summed E-state index contributed by atoms with van der Waals surface area (Å²) in [7, 11) is 0. The van der Waals surface area contributed by atoms with Gasteiger partial charge in [-0.1, -0.05) is 26.7 Å². The summed E-state index contributed by atoms with van der Waals surface area (Å²) in [5.41, 5.74) is 0. The van der Waals surface area contributed by atoms with E-state index >= 15 is 0 Å². The predicted molar refractivity (Wildman–Crippen MR) is 77.8 cm³/mol. The molecule has 0 aromatic carbocycles. The summed E-state index contributed by atoms with van der Waals surface area (Å²) in [6, 6.07) is -0.498. The van der Waals surface area contributed by atoms with Crippen LogP contribution in [0.5, 0.6) is 0 Å². The fourth-order valence-corrected chi connectivity index (χ4v) is 2.23. The zero-order chi connectivity index (χ0) is 15.0. The third kappa shape index (κ3) is 6.23. The number of hydrogen-bond donors (Lipinski definition) is 3. The summed E-state index contributed by atoms with van der Waals surface area (Å²) < 4.78 is 0. The van der Waals surface area contributed by atoms with E-state index in [0.29, 0.717) is 19.0 Å². The van der Waals surface area contributed by atoms with Crippen LogP contribution in [-0.4, -0.2) is 53.7 Å². The number of nitrogens with zero attached hydrogens (tertiary/aromatic N) is 1. The second-order valence-corrected chi connectivity index (χ2v) is 5.29. The molecule has 2 amide bonds. The Labute approximate surface area is 120 Å². The van der Waals surface area contributed by atoms with Gasteiger partial charge < -0.3 is 15.7 Å². The molecule has 0 aliphatic heterocycles. The SMILES string of the molecule is CCCCC(NC(=O)NCCN(CC)C1CC1)C(=O)O. The Morgan fingerprint density at radius 1 is 1.35 bits per heavy atom. The Bertz CT molecular complexity index is 319. The van der Waals surface area contributed by atoms with Gasteiger partial charge in [0, 0.05) is 19.1 Å². The van der Waals surface area contributed by atoms with Crippen molar-refractivity contribution in [2.75, 3.05) is 19.6 Å². The van der Waals surface area contributed by atoms with Crippen molar-refractivity contribution >= 4 is 12.0 Å². The first kappa shape index (κ1) is 16.8. The number of amides is 2. The molecule has 1 saturated carbocycles. The summed E-state index contributed by atoms with van der Waals surface area (Å²) in [5.74, 6) is -0.971. The molecule has 1 unspecified atom stereocenters. The Balaban J connectivity index is 2.21. The van der Waals surface area contributed by atoms with Gasteiger partial charge in [0.25, 0.3) is 0 Å². The molecule has 6 heteroatoms. The molecule has 1 fully saturated rings. The number of carbonyl (C=O) groups excluding carboxylic acids is 1. The minimum atomic E-state index is -0.971. The van der Waals surface area contributed by atoms with E-state index < -0.39 is 12.0 Å². The van der Waals surface area contributed by atoms with E-state index in [9.17, 15) is 9.59 Å². The lowest BCUT2D eigenvalue weighted by Crippen LogP contribution is -2.47. The number of urea groups is 1. The van der Waals surface area contributed by atoms with Crippen molar-refractivity contribution in [3.05, 3.63) is 0 Å². The highest BCUT2D eigenvalue weighted by Crippen LogP contribution is 2.25. The van der Waals surface area contributed by atoms with Gasteiger partial charge in [-0.05, 0) is 25.8 Å². The average molecular weight is 285 g/mol. The Morgan fingerprint density at radius 3 is 2.55 bits per heavy atom. The molecular weight excluding hydrogens is 258 g/mol. The fraction of sp³-hybridized carbons (Fsp3) is 0.857. The van der Waals surface area contributed by atoms with Gasteiger partial charge in [-0.15, -0.1) is 0 Å². The summed E-state index contributed by atoms with van der Waals surface area (Å²) >= 11 is 0. The molecule has 1 aliphatic carbocycles. The van der Waals surface area contributed by atoms with Crippen LogP contribution in [0.1, 0.15) is 46.0 Å². The van der Waals surface area contributed by atoms with Gasteiger partial charge >= 0.3 is 12.0 Å². The van der Waals surface area contributed by atoms with Crippen LogP contribution in [-0.2, 0) is 4.79 Å². The van der Waals surface area contributed by atoms with Crippen LogP contribution in [0.15, 0.2) is 0 Å². The smallest absolute Gasteiger partial charge is 0.326 e. The number of likely N-dealkylation sites (N-methyl/N-ethyl adjacent to an activating group) is 1. The monoisotopic (exact) mass is 285 g/mol. The van der Waals surface area contributed by atoms with E-state index in [1.807, 2.05) is 6.92 Å². The van der Waals surface area contributed by atoms with Gasteiger partial charge in [-0.2, -0.15) is 0 Å². The molecule has 1 atom stereocenters. The Morgan fingerprint density at radius 2 is 2.05 bits per heavy atom. The molecule has 0 radical (unpaired) electrons. The van der Waals surface area contributed by atoms with Crippen LogP contribution < -0.4 is 10.6 Å². The van der Waals surface area contributed by atoms with Crippen molar-refractivity contribution in [1.29, 1.82) is 0 Å². The van der Waals surface area contributed by atoms with Gasteiger partial charge in [-0.3, -0.25) is 4.90 Å². The van der Waals surface area contributed by atoms with Crippen LogP contribution >= 0.6 is 0 Å². The van der Waals surface area contributed by atoms with Crippen molar-refractivity contribution in [3.8, 4) is 0 Å². The molecule has 0 aromatic rings. The van der Waals surface area contributed by atoms with Crippen LogP contribution in [0.4, 0.5) is 4.79 Å². The predicted octanol–water partition coefficient (Wildman–Crippen LogP) is 1.41. The number of carboxylic acids is 1. The standard InChI is InChI=1S/C14H27N3O3/c1-3-5-6-12(13(18)19)16-14(20)15-9-10-17(4-2)11-7-8-11/h11-12H,3-10H2,1-2H3,(H,18,19)(H2,15,16,20). The number of nitrogens with one attached hydrogen (secondary N) is 2. The van der Waals surface area contributed by atoms with Gasteiger partial charge in [0.15, 0.2) is 0 Å². The molecule has 3 N–H and O–H groups in total. The lowest BCUT2D eigenvalue weighted by molar-refractivity contribution is -0.139. The van der Waals surface area contributed by atoms with Crippen LogP contribution in [0.25, 0.3) is 0 Å². The first-order valence-electron chi connectivity index (χ1n) is 7.59. The van der Waals surface area contributed by atoms with Gasteiger partial charge in [-0.25, -0.2) is 9.59 Å². The number of unbranched alkanes of at least 4 members (excludes halogenated alkanes) is 1. The molecule has 20 heavy (non-hydrogen) atoms. The zero-order valence-electron chi connectivity index (χ0n) is 12.5. The van der Waals surface area contributed by atoms with E-state index in [4.69, 9.17) is 5.11 Å². The number of hydrogen-bond acceptors (Lipinski definition) is 3. The summed E-state index contributed by atoms with van der Waals surface area (Å²) in [4.78, 5) is 25.0. The lowest BCUT2D eigenvalue weighted by Gasteiger charge is -2.20. The Kier molecular flexibility index (Phi) is 7.36. The average Bonchev–Trinajstić information content (AvgIpc) is 3.23. The van der Waals surface area contributed by atoms with Crippen LogP contribution in [0, 0.1) is 0 Å². The minimum Gasteiger partial charge on any atom is -0.480 e. The fourth-order valence-electron chi connectivity index (χ4n) is 2.23. The van der Waals surface area contributed by atoms with Crippen molar-refractivity contribution in [2.45, 2.75) is 58.0 Å². The third-order valence-corrected chi connectivity index (χ3v) is 3.60. The largest absolute Gasteiger partial charge is 0.480 e. The number of carboxylic acid groups (broad SMARTS) is 1. The van der Waals surface area contributed by atoms with E-state index in [1.165, 1.54) is 12.8 Å². The van der Waals surface area contributed by atoms with Crippen molar-refractivity contribution in [2.24, 2.45) is 0 Å². The van der Waals surface area contributed by atoms with Crippen molar-refractivity contribution in [1.82, 2.24) is 15.5 Å². The maximum Gasteiger partial charge on any atom is 0.326 e. The maximum atomic E-state index is 11.7. The zero-order valence-corrected chi connectivity index (χ0v) is 12.5. The number of aliphatic carboxylic acids is 1. The molecule has 0 heterocycles. The van der Waals surface area contributed by atoms with Gasteiger partial charge in [0.05, 0.1) is 0 Å². The van der Waals surface area contributed by atoms with E-state index in [2.05, 4.69) is 22.5 Å². The second-order valence-electron chi connectivity index (χ2n) is 5.29. The molecule has 0 spiro atoms. The van der Waals surface area contributed by atoms with Gasteiger partial charge in [0.1, 0.15) is 6.04 Å². The summed E-state index contributed by atoms with van der Waals surface area (Å²) in [6.07, 6.45) is 4.68. The maximum absolute atomic E-state index is 11.7. The number of rotatable bonds is 10. The second kappa shape index (κ2) is 8.79. The van der Waals surface area contributed by atoms with E-state index in [0.717, 1.165) is 25.9 Å². The molecule has 1 rings (SSSR count). The first-order valence-corrected chi connectivity index (χ1v) is 7.59. The highest BCUT2D eigenvalue weighted by molar-refractivity contribution is 5.82. The van der Waals surface area contributed by atoms with Crippen molar-refractivity contribution < 1.29 is 14.7 Å². The molecule has 1 aliphatic rings. The first-order chi connectivity index (χ1) is 9.58. The van der Waals surface area contributed by atoms with Crippen molar-refractivity contribution in [3.63, 3.8) is 0 Å². The van der Waals surface area contributed by atoms with Crippen LogP contribution in [0.3, 0.4) is 0 Å².